The van der Waals surface area contributed by atoms with E-state index in [4.69, 9.17) is 5.26 Å². The van der Waals surface area contributed by atoms with E-state index < -0.39 is 0 Å². The summed E-state index contributed by atoms with van der Waals surface area (Å²) in [5, 5.41) is 18.6. The van der Waals surface area contributed by atoms with Gasteiger partial charge in [-0.1, -0.05) is 38.1 Å². The summed E-state index contributed by atoms with van der Waals surface area (Å²) >= 11 is 0. The second-order valence-electron chi connectivity index (χ2n) is 7.73. The molecule has 156 valence electrons. The topological polar surface area (TPSA) is 50.5 Å². The molecule has 0 fully saturated rings. The standard InChI is InChI=1S/C25H35N3O/c1-3-15-27(16-4-2)17-5-6-18-28(21-24-11-13-25(29)14-12-24)20-23-9-7-22(19-26)8-10-23/h7-14,29H,3-6,15-18,20-21H2,1-2H3. The highest BCUT2D eigenvalue weighted by Gasteiger charge is 2.09. The maximum Gasteiger partial charge on any atom is 0.115 e. The molecule has 2 aromatic rings. The number of hydrogen-bond acceptors (Lipinski definition) is 4. The van der Waals surface area contributed by atoms with E-state index >= 15 is 0 Å². The predicted octanol–water partition coefficient (Wildman–Crippen LogP) is 5.17. The molecule has 0 spiro atoms. The summed E-state index contributed by atoms with van der Waals surface area (Å²) in [5.41, 5.74) is 3.13. The Kier molecular flexibility index (Phi) is 10.3. The molecular formula is C25H35N3O. The van der Waals surface area contributed by atoms with Crippen molar-refractivity contribution in [3.05, 3.63) is 65.2 Å². The number of nitriles is 1. The van der Waals surface area contributed by atoms with Crippen LogP contribution in [0.5, 0.6) is 5.75 Å². The molecule has 0 heterocycles. The predicted molar refractivity (Wildman–Crippen MR) is 120 cm³/mol. The van der Waals surface area contributed by atoms with Crippen molar-refractivity contribution < 1.29 is 5.11 Å². The fourth-order valence-electron chi connectivity index (χ4n) is 3.66. The lowest BCUT2D eigenvalue weighted by Gasteiger charge is -2.24. The molecule has 0 aromatic heterocycles. The molecular weight excluding hydrogens is 358 g/mol. The molecule has 0 aliphatic rings. The van der Waals surface area contributed by atoms with Crippen LogP contribution in [0.2, 0.25) is 0 Å². The van der Waals surface area contributed by atoms with Gasteiger partial charge in [-0.2, -0.15) is 5.26 Å². The molecule has 0 amide bonds. The zero-order chi connectivity index (χ0) is 20.9. The lowest BCUT2D eigenvalue weighted by Crippen LogP contribution is -2.28. The molecule has 4 nitrogen and oxygen atoms in total. The van der Waals surface area contributed by atoms with Crippen LogP contribution in [0.15, 0.2) is 48.5 Å². The Morgan fingerprint density at radius 1 is 0.724 bits per heavy atom. The first-order valence-corrected chi connectivity index (χ1v) is 10.9. The first-order chi connectivity index (χ1) is 14.1. The van der Waals surface area contributed by atoms with Gasteiger partial charge in [-0.25, -0.2) is 0 Å². The molecule has 4 heteroatoms. The minimum atomic E-state index is 0.305. The fraction of sp³-hybridized carbons (Fsp3) is 0.480. The Labute approximate surface area is 176 Å². The van der Waals surface area contributed by atoms with E-state index in [1.54, 1.807) is 12.1 Å². The molecule has 0 saturated heterocycles. The van der Waals surface area contributed by atoms with Crippen molar-refractivity contribution in [2.24, 2.45) is 0 Å². The van der Waals surface area contributed by atoms with Gasteiger partial charge in [0.2, 0.25) is 0 Å². The Morgan fingerprint density at radius 3 is 1.69 bits per heavy atom. The minimum Gasteiger partial charge on any atom is -0.508 e. The number of phenolic OH excluding ortho intramolecular Hbond substituents is 1. The molecule has 0 radical (unpaired) electrons. The summed E-state index contributed by atoms with van der Waals surface area (Å²) in [5.74, 6) is 0.305. The van der Waals surface area contributed by atoms with E-state index in [9.17, 15) is 5.11 Å². The maximum absolute atomic E-state index is 9.54. The van der Waals surface area contributed by atoms with Crippen LogP contribution in [0.25, 0.3) is 0 Å². The second kappa shape index (κ2) is 13.0. The quantitative estimate of drug-likeness (QED) is 0.477. The third-order valence-corrected chi connectivity index (χ3v) is 5.11. The van der Waals surface area contributed by atoms with E-state index in [-0.39, 0.29) is 0 Å². The summed E-state index contributed by atoms with van der Waals surface area (Å²) in [7, 11) is 0. The lowest BCUT2D eigenvalue weighted by atomic mass is 10.1. The van der Waals surface area contributed by atoms with Crippen molar-refractivity contribution in [3.63, 3.8) is 0 Å². The Morgan fingerprint density at radius 2 is 1.21 bits per heavy atom. The van der Waals surface area contributed by atoms with Crippen LogP contribution >= 0.6 is 0 Å². The average molecular weight is 394 g/mol. The van der Waals surface area contributed by atoms with Crippen LogP contribution in [-0.4, -0.2) is 41.1 Å². The highest BCUT2D eigenvalue weighted by molar-refractivity contribution is 5.31. The van der Waals surface area contributed by atoms with Crippen LogP contribution < -0.4 is 0 Å². The molecule has 0 saturated carbocycles. The molecule has 0 atom stereocenters. The van der Waals surface area contributed by atoms with Crippen molar-refractivity contribution in [2.45, 2.75) is 52.6 Å². The number of benzene rings is 2. The van der Waals surface area contributed by atoms with Crippen LogP contribution in [0.4, 0.5) is 0 Å². The zero-order valence-corrected chi connectivity index (χ0v) is 18.0. The SMILES string of the molecule is CCCN(CCC)CCCCN(Cc1ccc(O)cc1)Cc1ccc(C#N)cc1. The largest absolute Gasteiger partial charge is 0.508 e. The van der Waals surface area contributed by atoms with Gasteiger partial charge in [-0.15, -0.1) is 0 Å². The first-order valence-electron chi connectivity index (χ1n) is 10.9. The van der Waals surface area contributed by atoms with Crippen molar-refractivity contribution in [2.75, 3.05) is 26.2 Å². The fourth-order valence-corrected chi connectivity index (χ4v) is 3.66. The highest BCUT2D eigenvalue weighted by atomic mass is 16.3. The van der Waals surface area contributed by atoms with Gasteiger partial charge in [-0.3, -0.25) is 4.90 Å². The molecule has 0 unspecified atom stereocenters. The number of aromatic hydroxyl groups is 1. The van der Waals surface area contributed by atoms with Crippen molar-refractivity contribution in [3.8, 4) is 11.8 Å². The second-order valence-corrected chi connectivity index (χ2v) is 7.73. The summed E-state index contributed by atoms with van der Waals surface area (Å²) in [4.78, 5) is 5.03. The van der Waals surface area contributed by atoms with Crippen LogP contribution in [0.1, 0.15) is 56.2 Å². The van der Waals surface area contributed by atoms with Crippen molar-refractivity contribution in [1.29, 1.82) is 5.26 Å². The van der Waals surface area contributed by atoms with Gasteiger partial charge >= 0.3 is 0 Å². The van der Waals surface area contributed by atoms with E-state index in [2.05, 4.69) is 29.7 Å². The molecule has 0 bridgehead atoms. The van der Waals surface area contributed by atoms with E-state index in [1.165, 1.54) is 50.0 Å². The average Bonchev–Trinajstić information content (AvgIpc) is 2.73. The normalized spacial score (nSPS) is 11.1. The lowest BCUT2D eigenvalue weighted by molar-refractivity contribution is 0.231. The Balaban J connectivity index is 1.94. The van der Waals surface area contributed by atoms with Gasteiger partial charge < -0.3 is 10.0 Å². The van der Waals surface area contributed by atoms with E-state index in [0.29, 0.717) is 11.3 Å². The molecule has 0 aliphatic carbocycles. The minimum absolute atomic E-state index is 0.305. The van der Waals surface area contributed by atoms with Crippen molar-refractivity contribution >= 4 is 0 Å². The van der Waals surface area contributed by atoms with Gasteiger partial charge in [-0.05, 0) is 87.3 Å². The van der Waals surface area contributed by atoms with Gasteiger partial charge in [0, 0.05) is 13.1 Å². The Bertz CT molecular complexity index is 728. The van der Waals surface area contributed by atoms with E-state index in [1.807, 2.05) is 36.4 Å². The molecule has 1 N–H and O–H groups in total. The van der Waals surface area contributed by atoms with Gasteiger partial charge in [0.25, 0.3) is 0 Å². The third kappa shape index (κ3) is 8.68. The molecule has 29 heavy (non-hydrogen) atoms. The smallest absolute Gasteiger partial charge is 0.115 e. The highest BCUT2D eigenvalue weighted by Crippen LogP contribution is 2.15. The zero-order valence-electron chi connectivity index (χ0n) is 18.0. The summed E-state index contributed by atoms with van der Waals surface area (Å²) in [6.45, 7) is 10.8. The number of hydrogen-bond donors (Lipinski definition) is 1. The molecule has 2 aromatic carbocycles. The van der Waals surface area contributed by atoms with Gasteiger partial charge in [0.05, 0.1) is 11.6 Å². The summed E-state index contributed by atoms with van der Waals surface area (Å²) in [6, 6.07) is 17.5. The number of unbranched alkanes of at least 4 members (excludes halogenated alkanes) is 1. The number of phenols is 1. The van der Waals surface area contributed by atoms with Gasteiger partial charge in [0.15, 0.2) is 0 Å². The molecule has 2 rings (SSSR count). The third-order valence-electron chi connectivity index (χ3n) is 5.11. The van der Waals surface area contributed by atoms with Gasteiger partial charge in [0.1, 0.15) is 5.75 Å². The number of nitrogens with zero attached hydrogens (tertiary/aromatic N) is 3. The molecule has 0 aliphatic heterocycles. The number of rotatable bonds is 13. The summed E-state index contributed by atoms with van der Waals surface area (Å²) in [6.07, 6.45) is 4.80. The van der Waals surface area contributed by atoms with Crippen molar-refractivity contribution in [1.82, 2.24) is 9.80 Å². The Hall–Kier alpha value is -2.35. The maximum atomic E-state index is 9.54. The monoisotopic (exact) mass is 393 g/mol. The summed E-state index contributed by atoms with van der Waals surface area (Å²) < 4.78 is 0. The van der Waals surface area contributed by atoms with Crippen LogP contribution in [0, 0.1) is 11.3 Å². The van der Waals surface area contributed by atoms with Crippen LogP contribution in [0.3, 0.4) is 0 Å². The van der Waals surface area contributed by atoms with Crippen LogP contribution in [-0.2, 0) is 13.1 Å². The first kappa shape index (κ1) is 22.9. The van der Waals surface area contributed by atoms with E-state index in [0.717, 1.165) is 26.1 Å².